The zero-order valence-corrected chi connectivity index (χ0v) is 15.6. The number of aliphatic hydroxyl groups excluding tert-OH is 1. The molecule has 1 atom stereocenters. The second kappa shape index (κ2) is 7.68. The van der Waals surface area contributed by atoms with Crippen molar-refractivity contribution in [3.63, 3.8) is 0 Å². The minimum absolute atomic E-state index is 0.148. The van der Waals surface area contributed by atoms with E-state index in [1.165, 1.54) is 12.1 Å². The number of carbonyl (C=O) groups is 1. The van der Waals surface area contributed by atoms with Gasteiger partial charge in [0.15, 0.2) is 15.6 Å². The molecule has 1 unspecified atom stereocenters. The predicted octanol–water partition coefficient (Wildman–Crippen LogP) is 2.15. The number of hydrogen-bond acceptors (Lipinski definition) is 6. The van der Waals surface area contributed by atoms with Crippen molar-refractivity contribution in [1.82, 2.24) is 10.3 Å². The first-order chi connectivity index (χ1) is 13.3. The van der Waals surface area contributed by atoms with Crippen molar-refractivity contribution in [3.8, 4) is 34.9 Å². The minimum atomic E-state index is -3.34. The standard InChI is InChI=1S/C20H16N2O5S/c1-3-16(23)21-19(24)20-22-17(13-7-5-4-6-8-13)18(27-20)14-9-11-15(12-10-14)28(2,25)26/h1,4-12,19,24H,2H3,(H,21,23). The van der Waals surface area contributed by atoms with E-state index in [4.69, 9.17) is 10.8 Å². The van der Waals surface area contributed by atoms with Gasteiger partial charge in [0.25, 0.3) is 5.91 Å². The first kappa shape index (κ1) is 19.4. The molecule has 1 aromatic heterocycles. The third-order valence-corrected chi connectivity index (χ3v) is 5.00. The molecular formula is C20H16N2O5S. The lowest BCUT2D eigenvalue weighted by Gasteiger charge is -2.05. The fourth-order valence-corrected chi connectivity index (χ4v) is 3.15. The highest BCUT2D eigenvalue weighted by Gasteiger charge is 2.22. The van der Waals surface area contributed by atoms with Crippen LogP contribution >= 0.6 is 0 Å². The van der Waals surface area contributed by atoms with Crippen LogP contribution in [-0.2, 0) is 14.6 Å². The number of oxazole rings is 1. The molecule has 0 aliphatic rings. The summed E-state index contributed by atoms with van der Waals surface area (Å²) in [5, 5.41) is 12.3. The monoisotopic (exact) mass is 396 g/mol. The van der Waals surface area contributed by atoms with Crippen molar-refractivity contribution in [2.24, 2.45) is 0 Å². The van der Waals surface area contributed by atoms with E-state index in [9.17, 15) is 18.3 Å². The first-order valence-corrected chi connectivity index (χ1v) is 10.0. The van der Waals surface area contributed by atoms with Gasteiger partial charge in [-0.2, -0.15) is 0 Å². The van der Waals surface area contributed by atoms with E-state index in [2.05, 4.69) is 10.3 Å². The van der Waals surface area contributed by atoms with Crippen LogP contribution in [0, 0.1) is 12.3 Å². The maximum absolute atomic E-state index is 11.7. The van der Waals surface area contributed by atoms with Crippen LogP contribution in [0.4, 0.5) is 0 Å². The number of amides is 1. The van der Waals surface area contributed by atoms with Crippen LogP contribution in [0.1, 0.15) is 12.1 Å². The molecule has 1 amide bonds. The summed E-state index contributed by atoms with van der Waals surface area (Å²) in [6.45, 7) is 0. The molecule has 3 aromatic rings. The highest BCUT2D eigenvalue weighted by molar-refractivity contribution is 7.90. The van der Waals surface area contributed by atoms with Crippen molar-refractivity contribution >= 4 is 15.7 Å². The zero-order chi connectivity index (χ0) is 20.3. The van der Waals surface area contributed by atoms with E-state index in [1.54, 1.807) is 12.1 Å². The van der Waals surface area contributed by atoms with Crippen LogP contribution in [0.3, 0.4) is 0 Å². The number of terminal acetylenes is 1. The number of rotatable bonds is 5. The molecule has 0 aliphatic heterocycles. The van der Waals surface area contributed by atoms with Gasteiger partial charge in [-0.25, -0.2) is 13.4 Å². The Bertz CT molecular complexity index is 1140. The van der Waals surface area contributed by atoms with Crippen LogP contribution in [0.2, 0.25) is 0 Å². The van der Waals surface area contributed by atoms with Crippen LogP contribution in [0.25, 0.3) is 22.6 Å². The molecule has 2 N–H and O–H groups in total. The Morgan fingerprint density at radius 1 is 1.14 bits per heavy atom. The van der Waals surface area contributed by atoms with Gasteiger partial charge in [-0.3, -0.25) is 4.79 Å². The first-order valence-electron chi connectivity index (χ1n) is 8.11. The average Bonchev–Trinajstić information content (AvgIpc) is 3.13. The second-order valence-electron chi connectivity index (χ2n) is 5.91. The van der Waals surface area contributed by atoms with Gasteiger partial charge in [0, 0.05) is 17.4 Å². The summed E-state index contributed by atoms with van der Waals surface area (Å²) in [5.74, 6) is 1.19. The molecule has 0 bridgehead atoms. The summed E-state index contributed by atoms with van der Waals surface area (Å²) in [6, 6.07) is 15.2. The Labute approximate surface area is 162 Å². The third kappa shape index (κ3) is 4.11. The van der Waals surface area contributed by atoms with Gasteiger partial charge in [0.1, 0.15) is 5.69 Å². The van der Waals surface area contributed by atoms with Gasteiger partial charge in [0.05, 0.1) is 4.90 Å². The quantitative estimate of drug-likeness (QED) is 0.505. The summed E-state index contributed by atoms with van der Waals surface area (Å²) in [6.07, 6.45) is 4.58. The molecule has 28 heavy (non-hydrogen) atoms. The van der Waals surface area contributed by atoms with E-state index in [-0.39, 0.29) is 10.8 Å². The van der Waals surface area contributed by atoms with Crippen LogP contribution in [0.15, 0.2) is 63.9 Å². The summed E-state index contributed by atoms with van der Waals surface area (Å²) >= 11 is 0. The molecule has 0 saturated carbocycles. The predicted molar refractivity (Wildman–Crippen MR) is 102 cm³/mol. The summed E-state index contributed by atoms with van der Waals surface area (Å²) in [4.78, 5) is 15.8. The molecular weight excluding hydrogens is 380 g/mol. The topological polar surface area (TPSA) is 109 Å². The lowest BCUT2D eigenvalue weighted by Crippen LogP contribution is -2.26. The molecule has 2 aromatic carbocycles. The van der Waals surface area contributed by atoms with Crippen molar-refractivity contribution < 1.29 is 22.7 Å². The largest absolute Gasteiger partial charge is 0.435 e. The van der Waals surface area contributed by atoms with Crippen LogP contribution in [-0.4, -0.2) is 30.7 Å². The SMILES string of the molecule is C#CC(=O)NC(O)c1nc(-c2ccccc2)c(-c2ccc(S(C)(=O)=O)cc2)o1. The molecule has 0 saturated heterocycles. The summed E-state index contributed by atoms with van der Waals surface area (Å²) in [7, 11) is -3.34. The van der Waals surface area contributed by atoms with Crippen LogP contribution in [0.5, 0.6) is 0 Å². The number of carbonyl (C=O) groups excluding carboxylic acids is 1. The number of sulfone groups is 1. The van der Waals surface area contributed by atoms with Gasteiger partial charge in [-0.1, -0.05) is 30.3 Å². The highest BCUT2D eigenvalue weighted by Crippen LogP contribution is 2.34. The Morgan fingerprint density at radius 2 is 1.79 bits per heavy atom. The van der Waals surface area contributed by atoms with E-state index in [0.29, 0.717) is 17.0 Å². The van der Waals surface area contributed by atoms with Crippen molar-refractivity contribution in [3.05, 3.63) is 60.5 Å². The number of nitrogens with one attached hydrogen (secondary N) is 1. The Morgan fingerprint density at radius 3 is 2.36 bits per heavy atom. The van der Waals surface area contributed by atoms with Gasteiger partial charge in [0.2, 0.25) is 12.1 Å². The van der Waals surface area contributed by atoms with Gasteiger partial charge >= 0.3 is 0 Å². The molecule has 0 spiro atoms. The molecule has 3 rings (SSSR count). The van der Waals surface area contributed by atoms with E-state index in [0.717, 1.165) is 11.8 Å². The van der Waals surface area contributed by atoms with Gasteiger partial charge in [-0.05, 0) is 30.2 Å². The van der Waals surface area contributed by atoms with E-state index >= 15 is 0 Å². The maximum atomic E-state index is 11.7. The van der Waals surface area contributed by atoms with Crippen LogP contribution < -0.4 is 5.32 Å². The number of aromatic nitrogens is 1. The lowest BCUT2D eigenvalue weighted by molar-refractivity contribution is -0.119. The van der Waals surface area contributed by atoms with E-state index in [1.807, 2.05) is 36.3 Å². The lowest BCUT2D eigenvalue weighted by atomic mass is 10.1. The molecule has 142 valence electrons. The van der Waals surface area contributed by atoms with Crippen molar-refractivity contribution in [1.29, 1.82) is 0 Å². The molecule has 0 fully saturated rings. The fraction of sp³-hybridized carbons (Fsp3) is 0.100. The molecule has 0 aliphatic carbocycles. The van der Waals surface area contributed by atoms with Gasteiger partial charge in [-0.15, -0.1) is 6.42 Å². The maximum Gasteiger partial charge on any atom is 0.298 e. The average molecular weight is 396 g/mol. The number of hydrogen-bond donors (Lipinski definition) is 2. The third-order valence-electron chi connectivity index (χ3n) is 3.87. The smallest absolute Gasteiger partial charge is 0.298 e. The number of nitrogens with zero attached hydrogens (tertiary/aromatic N) is 1. The molecule has 1 heterocycles. The Hall–Kier alpha value is -3.41. The number of benzene rings is 2. The molecule has 8 heteroatoms. The Kier molecular flexibility index (Phi) is 5.31. The summed E-state index contributed by atoms with van der Waals surface area (Å²) < 4.78 is 29.0. The van der Waals surface area contributed by atoms with Crippen molar-refractivity contribution in [2.75, 3.05) is 6.26 Å². The normalized spacial score (nSPS) is 12.2. The Balaban J connectivity index is 2.08. The highest BCUT2D eigenvalue weighted by atomic mass is 32.2. The minimum Gasteiger partial charge on any atom is -0.435 e. The van der Waals surface area contributed by atoms with Crippen molar-refractivity contribution in [2.45, 2.75) is 11.1 Å². The van der Waals surface area contributed by atoms with Gasteiger partial charge < -0.3 is 14.8 Å². The second-order valence-corrected chi connectivity index (χ2v) is 7.93. The molecule has 7 nitrogen and oxygen atoms in total. The zero-order valence-electron chi connectivity index (χ0n) is 14.8. The van der Waals surface area contributed by atoms with E-state index < -0.39 is 22.0 Å². The fourth-order valence-electron chi connectivity index (χ4n) is 2.52. The summed E-state index contributed by atoms with van der Waals surface area (Å²) in [5.41, 5.74) is 1.70. The number of aliphatic hydroxyl groups is 1. The molecule has 0 radical (unpaired) electrons.